The first kappa shape index (κ1) is 21.1. The van der Waals surface area contributed by atoms with Crippen LogP contribution in [0.1, 0.15) is 11.3 Å². The molecule has 0 N–H and O–H groups in total. The van der Waals surface area contributed by atoms with Crippen molar-refractivity contribution in [1.82, 2.24) is 14.8 Å². The number of thiazole rings is 1. The largest absolute Gasteiger partial charge is 0.337 e. The lowest BCUT2D eigenvalue weighted by Gasteiger charge is -2.24. The first-order chi connectivity index (χ1) is 13.9. The second-order valence-electron chi connectivity index (χ2n) is 7.08. The van der Waals surface area contributed by atoms with E-state index in [2.05, 4.69) is 4.98 Å². The maximum atomic E-state index is 13.4. The molecular weight excluding hydrogens is 392 g/mol. The third kappa shape index (κ3) is 6.17. The van der Waals surface area contributed by atoms with Gasteiger partial charge in [-0.3, -0.25) is 4.79 Å². The standard InChI is InChI=1S/C22H23F2N3OS/c1-26(2)10-11-27(14-16-6-8-18(23)9-7-16)21(28)13-20-15-29-22(25-20)17-4-3-5-19(24)12-17/h3-9,12,15H,10-11,13-14H2,1-2H3. The minimum absolute atomic E-state index is 0.0488. The van der Waals surface area contributed by atoms with Crippen molar-refractivity contribution in [3.05, 3.63) is 76.8 Å². The van der Waals surface area contributed by atoms with Crippen LogP contribution in [0.25, 0.3) is 10.6 Å². The van der Waals surface area contributed by atoms with Crippen LogP contribution in [0.15, 0.2) is 53.9 Å². The Bertz CT molecular complexity index is 957. The summed E-state index contributed by atoms with van der Waals surface area (Å²) in [7, 11) is 3.90. The van der Waals surface area contributed by atoms with Gasteiger partial charge in [-0.1, -0.05) is 24.3 Å². The van der Waals surface area contributed by atoms with Gasteiger partial charge in [0.15, 0.2) is 0 Å². The SMILES string of the molecule is CN(C)CCN(Cc1ccc(F)cc1)C(=O)Cc1csc(-c2cccc(F)c2)n1. The van der Waals surface area contributed by atoms with E-state index in [0.717, 1.165) is 12.1 Å². The summed E-state index contributed by atoms with van der Waals surface area (Å²) in [4.78, 5) is 21.2. The zero-order valence-electron chi connectivity index (χ0n) is 16.4. The molecule has 0 bridgehead atoms. The zero-order chi connectivity index (χ0) is 20.8. The average molecular weight is 416 g/mol. The molecular formula is C22H23F2N3OS. The van der Waals surface area contributed by atoms with Gasteiger partial charge in [-0.15, -0.1) is 11.3 Å². The maximum absolute atomic E-state index is 13.4. The van der Waals surface area contributed by atoms with Crippen LogP contribution < -0.4 is 0 Å². The molecule has 1 amide bonds. The van der Waals surface area contributed by atoms with Gasteiger partial charge in [-0.25, -0.2) is 13.8 Å². The quantitative estimate of drug-likeness (QED) is 0.553. The van der Waals surface area contributed by atoms with Gasteiger partial charge in [-0.05, 0) is 43.9 Å². The summed E-state index contributed by atoms with van der Waals surface area (Å²) in [5, 5.41) is 2.52. The molecule has 3 aromatic rings. The number of benzene rings is 2. The molecule has 0 radical (unpaired) electrons. The second-order valence-corrected chi connectivity index (χ2v) is 7.93. The minimum Gasteiger partial charge on any atom is -0.337 e. The van der Waals surface area contributed by atoms with E-state index in [4.69, 9.17) is 0 Å². The molecule has 29 heavy (non-hydrogen) atoms. The molecule has 4 nitrogen and oxygen atoms in total. The van der Waals surface area contributed by atoms with E-state index in [1.165, 1.54) is 35.6 Å². The van der Waals surface area contributed by atoms with Crippen molar-refractivity contribution in [1.29, 1.82) is 0 Å². The van der Waals surface area contributed by atoms with Gasteiger partial charge in [0.25, 0.3) is 0 Å². The second kappa shape index (κ2) is 9.71. The van der Waals surface area contributed by atoms with E-state index in [-0.39, 0.29) is 24.0 Å². The summed E-state index contributed by atoms with van der Waals surface area (Å²) in [6.45, 7) is 1.69. The van der Waals surface area contributed by atoms with Crippen molar-refractivity contribution in [2.75, 3.05) is 27.2 Å². The number of hydrogen-bond acceptors (Lipinski definition) is 4. The Morgan fingerprint density at radius 3 is 2.48 bits per heavy atom. The lowest BCUT2D eigenvalue weighted by molar-refractivity contribution is -0.131. The van der Waals surface area contributed by atoms with Gasteiger partial charge in [-0.2, -0.15) is 0 Å². The fourth-order valence-corrected chi connectivity index (χ4v) is 3.65. The molecule has 2 aromatic carbocycles. The van der Waals surface area contributed by atoms with Gasteiger partial charge >= 0.3 is 0 Å². The van der Waals surface area contributed by atoms with Crippen LogP contribution in [0.3, 0.4) is 0 Å². The van der Waals surface area contributed by atoms with E-state index in [0.29, 0.717) is 29.4 Å². The number of carbonyl (C=O) groups excluding carboxylic acids is 1. The first-order valence-electron chi connectivity index (χ1n) is 9.28. The van der Waals surface area contributed by atoms with Crippen molar-refractivity contribution in [2.24, 2.45) is 0 Å². The number of likely N-dealkylation sites (N-methyl/N-ethyl adjacent to an activating group) is 1. The number of halogens is 2. The summed E-state index contributed by atoms with van der Waals surface area (Å²) in [5.41, 5.74) is 2.23. The first-order valence-corrected chi connectivity index (χ1v) is 10.2. The molecule has 0 saturated carbocycles. The van der Waals surface area contributed by atoms with Crippen LogP contribution in [0.2, 0.25) is 0 Å². The Kier molecular flexibility index (Phi) is 7.06. The summed E-state index contributed by atoms with van der Waals surface area (Å²) < 4.78 is 26.6. The van der Waals surface area contributed by atoms with Crippen molar-refractivity contribution in [2.45, 2.75) is 13.0 Å². The van der Waals surface area contributed by atoms with Crippen LogP contribution in [0.5, 0.6) is 0 Å². The average Bonchev–Trinajstić information content (AvgIpc) is 3.15. The van der Waals surface area contributed by atoms with E-state index in [9.17, 15) is 13.6 Å². The van der Waals surface area contributed by atoms with Gasteiger partial charge in [0.2, 0.25) is 5.91 Å². The van der Waals surface area contributed by atoms with Crippen LogP contribution in [-0.4, -0.2) is 47.9 Å². The topological polar surface area (TPSA) is 36.4 Å². The predicted octanol–water partition coefficient (Wildman–Crippen LogP) is 4.22. The van der Waals surface area contributed by atoms with Crippen LogP contribution in [-0.2, 0) is 17.8 Å². The fraction of sp³-hybridized carbons (Fsp3) is 0.273. The molecule has 0 aliphatic heterocycles. The van der Waals surface area contributed by atoms with Gasteiger partial charge in [0.05, 0.1) is 12.1 Å². The number of rotatable bonds is 8. The fourth-order valence-electron chi connectivity index (χ4n) is 2.83. The number of carbonyl (C=O) groups is 1. The van der Waals surface area contributed by atoms with Crippen molar-refractivity contribution in [3.8, 4) is 10.6 Å². The Morgan fingerprint density at radius 2 is 1.79 bits per heavy atom. The molecule has 1 heterocycles. The van der Waals surface area contributed by atoms with Crippen molar-refractivity contribution in [3.63, 3.8) is 0 Å². The third-order valence-corrected chi connectivity index (χ3v) is 5.35. The van der Waals surface area contributed by atoms with Crippen molar-refractivity contribution >= 4 is 17.2 Å². The lowest BCUT2D eigenvalue weighted by Crippen LogP contribution is -2.37. The van der Waals surface area contributed by atoms with Crippen molar-refractivity contribution < 1.29 is 13.6 Å². The molecule has 1 aromatic heterocycles. The Labute approximate surface area is 173 Å². The Morgan fingerprint density at radius 1 is 1.03 bits per heavy atom. The van der Waals surface area contributed by atoms with Crippen LogP contribution >= 0.6 is 11.3 Å². The summed E-state index contributed by atoms with van der Waals surface area (Å²) in [6, 6.07) is 12.4. The number of aromatic nitrogens is 1. The van der Waals surface area contributed by atoms with E-state index in [1.807, 2.05) is 24.4 Å². The van der Waals surface area contributed by atoms with Gasteiger partial charge < -0.3 is 9.80 Å². The molecule has 0 spiro atoms. The van der Waals surface area contributed by atoms with E-state index >= 15 is 0 Å². The highest BCUT2D eigenvalue weighted by atomic mass is 32.1. The van der Waals surface area contributed by atoms with Crippen LogP contribution in [0, 0.1) is 11.6 Å². The smallest absolute Gasteiger partial charge is 0.228 e. The zero-order valence-corrected chi connectivity index (χ0v) is 17.3. The maximum Gasteiger partial charge on any atom is 0.228 e. The normalized spacial score (nSPS) is 11.1. The molecule has 152 valence electrons. The summed E-state index contributed by atoms with van der Waals surface area (Å²) in [5.74, 6) is -0.663. The highest BCUT2D eigenvalue weighted by Crippen LogP contribution is 2.24. The number of amides is 1. The monoisotopic (exact) mass is 415 g/mol. The third-order valence-electron chi connectivity index (χ3n) is 4.41. The molecule has 3 rings (SSSR count). The van der Waals surface area contributed by atoms with E-state index < -0.39 is 0 Å². The number of hydrogen-bond donors (Lipinski definition) is 0. The highest BCUT2D eigenvalue weighted by molar-refractivity contribution is 7.13. The minimum atomic E-state index is -0.315. The number of nitrogens with zero attached hydrogens (tertiary/aromatic N) is 3. The molecule has 0 aliphatic carbocycles. The lowest BCUT2D eigenvalue weighted by atomic mass is 10.2. The summed E-state index contributed by atoms with van der Waals surface area (Å²) in [6.07, 6.45) is 0.167. The molecule has 7 heteroatoms. The van der Waals surface area contributed by atoms with Gasteiger partial charge in [0.1, 0.15) is 16.6 Å². The molecule has 0 saturated heterocycles. The molecule has 0 atom stereocenters. The van der Waals surface area contributed by atoms with Crippen LogP contribution in [0.4, 0.5) is 8.78 Å². The Hall–Kier alpha value is -2.64. The Balaban J connectivity index is 1.71. The highest BCUT2D eigenvalue weighted by Gasteiger charge is 2.17. The van der Waals surface area contributed by atoms with E-state index in [1.54, 1.807) is 29.2 Å². The predicted molar refractivity (Wildman–Crippen MR) is 112 cm³/mol. The molecule has 0 fully saturated rings. The molecule has 0 aliphatic rings. The molecule has 0 unspecified atom stereocenters. The summed E-state index contributed by atoms with van der Waals surface area (Å²) >= 11 is 1.39. The van der Waals surface area contributed by atoms with Gasteiger partial charge in [0, 0.05) is 30.6 Å².